The van der Waals surface area contributed by atoms with Gasteiger partial charge in [0.2, 0.25) is 0 Å². The number of nitrogens with zero attached hydrogens (tertiary/aromatic N) is 1. The number of hydrogen-bond donors (Lipinski definition) is 1. The Labute approximate surface area is 195 Å². The average Bonchev–Trinajstić information content (AvgIpc) is 3.09. The van der Waals surface area contributed by atoms with E-state index in [-0.39, 0.29) is 21.1 Å². The molecule has 0 saturated heterocycles. The number of nitrogens with one attached hydrogen (secondary N) is 1. The maximum atomic E-state index is 12.6. The van der Waals surface area contributed by atoms with Crippen molar-refractivity contribution in [3.05, 3.63) is 47.0 Å². The van der Waals surface area contributed by atoms with E-state index >= 15 is 0 Å². The van der Waals surface area contributed by atoms with Crippen molar-refractivity contribution in [2.24, 2.45) is 0 Å². The van der Waals surface area contributed by atoms with Crippen LogP contribution in [0.4, 0.5) is 5.69 Å². The zero-order valence-corrected chi connectivity index (χ0v) is 20.8. The first-order chi connectivity index (χ1) is 14.5. The minimum Gasteiger partial charge on any atom is -0.379 e. The van der Waals surface area contributed by atoms with Gasteiger partial charge in [-0.3, -0.25) is 4.79 Å². The van der Waals surface area contributed by atoms with Gasteiger partial charge in [-0.2, -0.15) is 0 Å². The third-order valence-electron chi connectivity index (χ3n) is 4.72. The number of carbonyl (C=O) groups excluding carboxylic acids is 1. The number of fused-ring (bicyclic) bond motifs is 1. The van der Waals surface area contributed by atoms with Crippen molar-refractivity contribution in [3.8, 4) is 0 Å². The summed E-state index contributed by atoms with van der Waals surface area (Å²) >= 11 is 9.39. The summed E-state index contributed by atoms with van der Waals surface area (Å²) in [6.45, 7) is 4.11. The summed E-state index contributed by atoms with van der Waals surface area (Å²) in [6.07, 6.45) is 2.00. The molecule has 3 rings (SSSR count). The van der Waals surface area contributed by atoms with Crippen molar-refractivity contribution >= 4 is 66.3 Å². The van der Waals surface area contributed by atoms with Crippen LogP contribution in [-0.4, -0.2) is 44.0 Å². The number of methoxy groups -OCH3 is 1. The maximum Gasteiger partial charge on any atom is 0.257 e. The van der Waals surface area contributed by atoms with E-state index in [2.05, 4.69) is 24.1 Å². The summed E-state index contributed by atoms with van der Waals surface area (Å²) in [7, 11) is -1.68. The molecule has 0 bridgehead atoms. The summed E-state index contributed by atoms with van der Waals surface area (Å²) < 4.78 is 30.7. The van der Waals surface area contributed by atoms with E-state index in [9.17, 15) is 13.2 Å². The topological polar surface area (TPSA) is 85.4 Å². The number of rotatable bonds is 8. The smallest absolute Gasteiger partial charge is 0.257 e. The Hall–Kier alpha value is -1.65. The molecule has 10 heteroatoms. The Morgan fingerprint density at radius 1 is 1.26 bits per heavy atom. The second kappa shape index (κ2) is 9.46. The molecule has 1 N–H and O–H groups in total. The molecule has 0 atom stereocenters. The van der Waals surface area contributed by atoms with E-state index in [1.165, 1.54) is 18.2 Å². The van der Waals surface area contributed by atoms with Gasteiger partial charge in [0.25, 0.3) is 5.91 Å². The van der Waals surface area contributed by atoms with E-state index in [0.29, 0.717) is 5.69 Å². The summed E-state index contributed by atoms with van der Waals surface area (Å²) in [5, 5.41) is 2.89. The first-order valence-corrected chi connectivity index (χ1v) is 13.5. The molecule has 6 nitrogen and oxygen atoms in total. The van der Waals surface area contributed by atoms with E-state index in [1.807, 2.05) is 12.1 Å². The molecule has 1 heterocycles. The number of thiazole rings is 1. The summed E-state index contributed by atoms with van der Waals surface area (Å²) in [6, 6.07) is 9.58. The molecule has 0 aliphatic heterocycles. The highest BCUT2D eigenvalue weighted by Crippen LogP contribution is 2.33. The van der Waals surface area contributed by atoms with E-state index in [1.54, 1.807) is 36.3 Å². The van der Waals surface area contributed by atoms with Gasteiger partial charge in [-0.05, 0) is 56.7 Å². The van der Waals surface area contributed by atoms with Crippen LogP contribution in [0.15, 0.2) is 45.6 Å². The predicted octanol–water partition coefficient (Wildman–Crippen LogP) is 5.51. The van der Waals surface area contributed by atoms with Crippen molar-refractivity contribution in [2.45, 2.75) is 35.1 Å². The maximum absolute atomic E-state index is 12.6. The summed E-state index contributed by atoms with van der Waals surface area (Å²) in [5.41, 5.74) is 1.52. The Kier molecular flexibility index (Phi) is 7.32. The van der Waals surface area contributed by atoms with Gasteiger partial charge in [-0.15, -0.1) is 11.3 Å². The normalized spacial score (nSPS) is 12.3. The Balaban J connectivity index is 1.71. The number of ether oxygens (including phenoxy) is 1. The number of carbonyl (C=O) groups is 1. The number of hydrogen-bond acceptors (Lipinski definition) is 7. The molecule has 0 radical (unpaired) electrons. The average molecular weight is 499 g/mol. The highest BCUT2D eigenvalue weighted by Gasteiger charge is 2.17. The fourth-order valence-electron chi connectivity index (χ4n) is 2.64. The van der Waals surface area contributed by atoms with Crippen molar-refractivity contribution in [1.29, 1.82) is 0 Å². The van der Waals surface area contributed by atoms with Crippen molar-refractivity contribution < 1.29 is 17.9 Å². The van der Waals surface area contributed by atoms with E-state index in [4.69, 9.17) is 16.3 Å². The number of halogens is 1. The van der Waals surface area contributed by atoms with Crippen LogP contribution < -0.4 is 5.32 Å². The quantitative estimate of drug-likeness (QED) is 0.412. The number of anilines is 1. The number of aromatic nitrogens is 1. The molecule has 3 aromatic rings. The van der Waals surface area contributed by atoms with Crippen LogP contribution in [0.25, 0.3) is 10.2 Å². The number of benzene rings is 2. The largest absolute Gasteiger partial charge is 0.379 e. The van der Waals surface area contributed by atoms with Crippen LogP contribution in [0.1, 0.15) is 30.6 Å². The van der Waals surface area contributed by atoms with Crippen LogP contribution in [0.5, 0.6) is 0 Å². The highest BCUT2D eigenvalue weighted by molar-refractivity contribution is 8.01. The van der Waals surface area contributed by atoms with Crippen molar-refractivity contribution in [1.82, 2.24) is 4.98 Å². The molecule has 0 aliphatic rings. The summed E-state index contributed by atoms with van der Waals surface area (Å²) in [4.78, 5) is 17.3. The van der Waals surface area contributed by atoms with Crippen molar-refractivity contribution in [3.63, 3.8) is 0 Å². The van der Waals surface area contributed by atoms with Crippen LogP contribution in [0.3, 0.4) is 0 Å². The van der Waals surface area contributed by atoms with Gasteiger partial charge < -0.3 is 10.1 Å². The van der Waals surface area contributed by atoms with Crippen molar-refractivity contribution in [2.75, 3.05) is 24.4 Å². The minimum absolute atomic E-state index is 0.0686. The van der Waals surface area contributed by atoms with E-state index < -0.39 is 15.7 Å². The number of thioether (sulfide) groups is 1. The number of sulfone groups is 1. The lowest BCUT2D eigenvalue weighted by Gasteiger charge is -2.21. The van der Waals surface area contributed by atoms with Gasteiger partial charge in [0.15, 0.2) is 14.2 Å². The Bertz CT molecular complexity index is 1220. The van der Waals surface area contributed by atoms with Crippen LogP contribution in [0, 0.1) is 0 Å². The van der Waals surface area contributed by atoms with Gasteiger partial charge in [-0.1, -0.05) is 23.4 Å². The predicted molar refractivity (Wildman–Crippen MR) is 129 cm³/mol. The fourth-order valence-corrected chi connectivity index (χ4v) is 6.04. The monoisotopic (exact) mass is 498 g/mol. The van der Waals surface area contributed by atoms with Gasteiger partial charge >= 0.3 is 0 Å². The molecule has 0 spiro atoms. The first kappa shape index (κ1) is 24.0. The fraction of sp³-hybridized carbons (Fsp3) is 0.333. The molecule has 1 amide bonds. The number of amides is 1. The summed E-state index contributed by atoms with van der Waals surface area (Å²) in [5.74, 6) is 0.483. The zero-order valence-electron chi connectivity index (χ0n) is 17.6. The molecule has 0 fully saturated rings. The molecule has 0 unspecified atom stereocenters. The second-order valence-electron chi connectivity index (χ2n) is 7.59. The third-order valence-corrected chi connectivity index (χ3v) is 8.31. The standard InChI is InChI=1S/C21H23ClN2O4S3/c1-21(2,28-3)9-10-29-20-24-17-8-5-13(11-18(17)30-20)23-19(25)15-7-6-14(12-16(15)22)31(4,26)27/h5-8,11-12H,9-10H2,1-4H3,(H,23,25). The Morgan fingerprint density at radius 3 is 2.65 bits per heavy atom. The van der Waals surface area contributed by atoms with Gasteiger partial charge in [0.05, 0.1) is 31.3 Å². The molecule has 0 saturated carbocycles. The lowest BCUT2D eigenvalue weighted by atomic mass is 10.1. The minimum atomic E-state index is -3.40. The molecular weight excluding hydrogens is 476 g/mol. The Morgan fingerprint density at radius 2 is 2.00 bits per heavy atom. The zero-order chi connectivity index (χ0) is 22.8. The first-order valence-electron chi connectivity index (χ1n) is 9.38. The van der Waals surface area contributed by atoms with Gasteiger partial charge in [0, 0.05) is 24.8 Å². The van der Waals surface area contributed by atoms with E-state index in [0.717, 1.165) is 33.0 Å². The highest BCUT2D eigenvalue weighted by atomic mass is 35.5. The van der Waals surface area contributed by atoms with Crippen LogP contribution >= 0.6 is 34.7 Å². The second-order valence-corrected chi connectivity index (χ2v) is 12.4. The third kappa shape index (κ3) is 6.20. The van der Waals surface area contributed by atoms with Gasteiger partial charge in [0.1, 0.15) is 0 Å². The molecule has 0 aliphatic carbocycles. The lowest BCUT2D eigenvalue weighted by Crippen LogP contribution is -2.22. The van der Waals surface area contributed by atoms with Crippen LogP contribution in [-0.2, 0) is 14.6 Å². The van der Waals surface area contributed by atoms with Gasteiger partial charge in [-0.25, -0.2) is 13.4 Å². The molecule has 31 heavy (non-hydrogen) atoms. The molecular formula is C21H23ClN2O4S3. The lowest BCUT2D eigenvalue weighted by molar-refractivity contribution is 0.0207. The SMILES string of the molecule is COC(C)(C)CCSc1nc2ccc(NC(=O)c3ccc(S(C)(=O)=O)cc3Cl)cc2s1. The molecule has 1 aromatic heterocycles. The molecule has 2 aromatic carbocycles. The molecule has 166 valence electrons. The van der Waals surface area contributed by atoms with Crippen LogP contribution in [0.2, 0.25) is 5.02 Å².